The minimum atomic E-state index is -0.264. The topological polar surface area (TPSA) is 81.8 Å². The first-order chi connectivity index (χ1) is 11.4. The van der Waals surface area contributed by atoms with E-state index in [1.54, 1.807) is 0 Å². The summed E-state index contributed by atoms with van der Waals surface area (Å²) in [6.45, 7) is 7.06. The quantitative estimate of drug-likeness (QED) is 0.831. The first kappa shape index (κ1) is 17.9. The van der Waals surface area contributed by atoms with E-state index >= 15 is 0 Å². The number of carbonyl (C=O) groups excluding carboxylic acids is 1. The third-order valence-corrected chi connectivity index (χ3v) is 4.14. The molecule has 0 saturated heterocycles. The van der Waals surface area contributed by atoms with Crippen LogP contribution in [0.4, 0.5) is 0 Å². The van der Waals surface area contributed by atoms with Crippen molar-refractivity contribution in [1.29, 1.82) is 0 Å². The molecule has 0 unspecified atom stereocenters. The van der Waals surface area contributed by atoms with Crippen LogP contribution in [0, 0.1) is 13.8 Å². The molecule has 0 bridgehead atoms. The van der Waals surface area contributed by atoms with Crippen molar-refractivity contribution in [3.05, 3.63) is 45.1 Å². The third-order valence-electron chi connectivity index (χ3n) is 4.14. The van der Waals surface area contributed by atoms with Crippen LogP contribution in [0.25, 0.3) is 0 Å². The molecule has 24 heavy (non-hydrogen) atoms. The van der Waals surface area contributed by atoms with Gasteiger partial charge in [0, 0.05) is 31.9 Å². The number of carbonyl (C=O) groups is 1. The van der Waals surface area contributed by atoms with Crippen molar-refractivity contribution >= 4 is 5.91 Å². The molecule has 0 saturated carbocycles. The Morgan fingerprint density at radius 3 is 2.62 bits per heavy atom. The summed E-state index contributed by atoms with van der Waals surface area (Å²) < 4.78 is 3.20. The normalized spacial score (nSPS) is 10.8. The second-order valence-electron chi connectivity index (χ2n) is 5.91. The number of unbranched alkanes of at least 4 members (excludes halogenated alkanes) is 1. The van der Waals surface area contributed by atoms with Crippen LogP contribution >= 0.6 is 0 Å². The molecule has 130 valence electrons. The summed E-state index contributed by atoms with van der Waals surface area (Å²) in [6.07, 6.45) is 2.54. The molecule has 1 N–H and O–H groups in total. The zero-order valence-electron chi connectivity index (χ0n) is 14.8. The highest BCUT2D eigenvalue weighted by atomic mass is 16.2. The number of aromatic nitrogens is 4. The maximum Gasteiger partial charge on any atom is 0.271 e. The summed E-state index contributed by atoms with van der Waals surface area (Å²) in [5.74, 6) is -0.264. The lowest BCUT2D eigenvalue weighted by molar-refractivity contribution is 0.0946. The molecule has 2 rings (SSSR count). The molecule has 7 heteroatoms. The van der Waals surface area contributed by atoms with E-state index in [1.807, 2.05) is 32.5 Å². The Kier molecular flexibility index (Phi) is 5.89. The highest BCUT2D eigenvalue weighted by Gasteiger charge is 2.12. The molecule has 1 amide bonds. The monoisotopic (exact) mass is 331 g/mol. The summed E-state index contributed by atoms with van der Waals surface area (Å²) in [5, 5.41) is 11.4. The predicted molar refractivity (Wildman–Crippen MR) is 92.1 cm³/mol. The fraction of sp³-hybridized carbons (Fsp3) is 0.529. The van der Waals surface area contributed by atoms with Crippen molar-refractivity contribution in [3.8, 4) is 0 Å². The molecule has 2 aromatic heterocycles. The molecule has 0 aromatic carbocycles. The Morgan fingerprint density at radius 1 is 1.25 bits per heavy atom. The van der Waals surface area contributed by atoms with Crippen LogP contribution in [0.3, 0.4) is 0 Å². The van der Waals surface area contributed by atoms with Gasteiger partial charge in [0.1, 0.15) is 5.69 Å². The van der Waals surface area contributed by atoms with Crippen LogP contribution in [0.1, 0.15) is 47.2 Å². The molecule has 7 nitrogen and oxygen atoms in total. The molecule has 0 radical (unpaired) electrons. The standard InChI is InChI=1S/C17H25N5O2/c1-5-6-11-22-16(23)8-7-15(20-22)17(24)18-10-9-14-12(2)19-21(4)13(14)3/h7-8H,5-6,9-11H2,1-4H3,(H,18,24). The van der Waals surface area contributed by atoms with Crippen LogP contribution < -0.4 is 10.9 Å². The zero-order chi connectivity index (χ0) is 17.7. The van der Waals surface area contributed by atoms with Crippen LogP contribution in [0.2, 0.25) is 0 Å². The molecule has 0 atom stereocenters. The van der Waals surface area contributed by atoms with Crippen molar-refractivity contribution in [2.24, 2.45) is 7.05 Å². The van der Waals surface area contributed by atoms with Crippen LogP contribution in [-0.2, 0) is 20.0 Å². The second-order valence-corrected chi connectivity index (χ2v) is 5.91. The maximum atomic E-state index is 12.2. The number of hydrogen-bond donors (Lipinski definition) is 1. The Bertz CT molecular complexity index is 776. The first-order valence-corrected chi connectivity index (χ1v) is 8.29. The van der Waals surface area contributed by atoms with Crippen LogP contribution in [-0.4, -0.2) is 32.0 Å². The Hall–Kier alpha value is -2.44. The lowest BCUT2D eigenvalue weighted by atomic mass is 10.1. The van der Waals surface area contributed by atoms with E-state index < -0.39 is 0 Å². The van der Waals surface area contributed by atoms with Crippen molar-refractivity contribution < 1.29 is 4.79 Å². The van der Waals surface area contributed by atoms with Gasteiger partial charge in [-0.15, -0.1) is 0 Å². The van der Waals surface area contributed by atoms with E-state index in [-0.39, 0.29) is 17.2 Å². The molecule has 2 aromatic rings. The van der Waals surface area contributed by atoms with Gasteiger partial charge >= 0.3 is 0 Å². The Labute approximate surface area is 141 Å². The summed E-state index contributed by atoms with van der Waals surface area (Å²) in [4.78, 5) is 24.0. The van der Waals surface area contributed by atoms with E-state index in [2.05, 4.69) is 15.5 Å². The molecule has 0 fully saturated rings. The van der Waals surface area contributed by atoms with Crippen LogP contribution in [0.5, 0.6) is 0 Å². The van der Waals surface area contributed by atoms with Gasteiger partial charge in [0.05, 0.1) is 5.69 Å². The van der Waals surface area contributed by atoms with Gasteiger partial charge in [0.15, 0.2) is 0 Å². The number of nitrogens with zero attached hydrogens (tertiary/aromatic N) is 4. The van der Waals surface area contributed by atoms with E-state index in [0.29, 0.717) is 19.5 Å². The first-order valence-electron chi connectivity index (χ1n) is 8.29. The number of aryl methyl sites for hydroxylation is 3. The van der Waals surface area contributed by atoms with E-state index in [0.717, 1.165) is 29.8 Å². The summed E-state index contributed by atoms with van der Waals surface area (Å²) >= 11 is 0. The number of hydrogen-bond acceptors (Lipinski definition) is 4. The number of rotatable bonds is 7. The highest BCUT2D eigenvalue weighted by molar-refractivity contribution is 5.91. The Morgan fingerprint density at radius 2 is 2.00 bits per heavy atom. The largest absolute Gasteiger partial charge is 0.350 e. The molecule has 0 spiro atoms. The summed E-state index contributed by atoms with van der Waals surface area (Å²) in [7, 11) is 1.91. The van der Waals surface area contributed by atoms with Gasteiger partial charge in [0.2, 0.25) is 0 Å². The molecule has 0 aliphatic carbocycles. The van der Waals surface area contributed by atoms with E-state index in [1.165, 1.54) is 16.8 Å². The van der Waals surface area contributed by atoms with Crippen molar-refractivity contribution in [1.82, 2.24) is 24.9 Å². The average Bonchev–Trinajstić information content (AvgIpc) is 2.80. The Balaban J connectivity index is 1.98. The van der Waals surface area contributed by atoms with Crippen molar-refractivity contribution in [3.63, 3.8) is 0 Å². The van der Waals surface area contributed by atoms with Gasteiger partial charge in [-0.3, -0.25) is 14.3 Å². The van der Waals surface area contributed by atoms with E-state index in [4.69, 9.17) is 0 Å². The van der Waals surface area contributed by atoms with Gasteiger partial charge in [-0.05, 0) is 38.3 Å². The molecule has 0 aliphatic heterocycles. The lowest BCUT2D eigenvalue weighted by Crippen LogP contribution is -2.30. The maximum absolute atomic E-state index is 12.2. The van der Waals surface area contributed by atoms with Crippen LogP contribution in [0.15, 0.2) is 16.9 Å². The predicted octanol–water partition coefficient (Wildman–Crippen LogP) is 1.37. The van der Waals surface area contributed by atoms with Crippen molar-refractivity contribution in [2.45, 2.75) is 46.6 Å². The van der Waals surface area contributed by atoms with Gasteiger partial charge < -0.3 is 5.32 Å². The van der Waals surface area contributed by atoms with Gasteiger partial charge in [-0.25, -0.2) is 4.68 Å². The van der Waals surface area contributed by atoms with Gasteiger partial charge in [-0.1, -0.05) is 13.3 Å². The molecule has 0 aliphatic rings. The molecule has 2 heterocycles. The smallest absolute Gasteiger partial charge is 0.271 e. The van der Waals surface area contributed by atoms with Crippen molar-refractivity contribution in [2.75, 3.05) is 6.54 Å². The average molecular weight is 331 g/mol. The second kappa shape index (κ2) is 7.90. The fourth-order valence-electron chi connectivity index (χ4n) is 2.61. The van der Waals surface area contributed by atoms with Gasteiger partial charge in [0.25, 0.3) is 11.5 Å². The fourth-order valence-corrected chi connectivity index (χ4v) is 2.61. The third kappa shape index (κ3) is 4.10. The summed E-state index contributed by atoms with van der Waals surface area (Å²) in [6, 6.07) is 2.87. The minimum absolute atomic E-state index is 0.179. The van der Waals surface area contributed by atoms with Gasteiger partial charge in [-0.2, -0.15) is 10.2 Å². The molecular weight excluding hydrogens is 306 g/mol. The number of nitrogens with one attached hydrogen (secondary N) is 1. The highest BCUT2D eigenvalue weighted by Crippen LogP contribution is 2.11. The zero-order valence-corrected chi connectivity index (χ0v) is 14.8. The lowest BCUT2D eigenvalue weighted by Gasteiger charge is -2.08. The minimum Gasteiger partial charge on any atom is -0.350 e. The summed E-state index contributed by atoms with van der Waals surface area (Å²) in [5.41, 5.74) is 3.33. The van der Waals surface area contributed by atoms with E-state index in [9.17, 15) is 9.59 Å². The molecular formula is C17H25N5O2. The number of amides is 1. The SMILES string of the molecule is CCCCn1nc(C(=O)NCCc2c(C)nn(C)c2C)ccc1=O.